The van der Waals surface area contributed by atoms with E-state index in [0.717, 1.165) is 6.07 Å². The lowest BCUT2D eigenvalue weighted by Crippen LogP contribution is -2.24. The maximum Gasteiger partial charge on any atom is 0.325 e. The molecule has 1 aromatic rings. The fraction of sp³-hybridized carbons (Fsp3) is 0.300. The Kier molecular flexibility index (Phi) is 2.76. The lowest BCUT2D eigenvalue weighted by Gasteiger charge is -2.22. The minimum Gasteiger partial charge on any atom is -0.480 e. The van der Waals surface area contributed by atoms with Gasteiger partial charge in [0.2, 0.25) is 0 Å². The SMILES string of the molecule is NC(C(=O)O)c1cc(F)cc2c1OCOC2. The summed E-state index contributed by atoms with van der Waals surface area (Å²) in [5.41, 5.74) is 6.04. The Morgan fingerprint density at radius 3 is 3.00 bits per heavy atom. The molecule has 16 heavy (non-hydrogen) atoms. The molecule has 1 aliphatic heterocycles. The standard InChI is InChI=1S/C10H10FNO4/c11-6-1-5-3-15-4-16-9(5)7(2-6)8(12)10(13)14/h1-2,8H,3-4,12H2,(H,13,14). The molecule has 2 rings (SSSR count). The van der Waals surface area contributed by atoms with Crippen LogP contribution in [-0.2, 0) is 16.1 Å². The van der Waals surface area contributed by atoms with Gasteiger partial charge in [-0.2, -0.15) is 0 Å². The van der Waals surface area contributed by atoms with E-state index in [1.165, 1.54) is 6.07 Å². The van der Waals surface area contributed by atoms with Crippen LogP contribution in [-0.4, -0.2) is 17.9 Å². The van der Waals surface area contributed by atoms with Gasteiger partial charge in [-0.1, -0.05) is 0 Å². The molecule has 0 spiro atoms. The minimum atomic E-state index is -1.30. The summed E-state index contributed by atoms with van der Waals surface area (Å²) in [6.07, 6.45) is 0. The summed E-state index contributed by atoms with van der Waals surface area (Å²) >= 11 is 0. The quantitative estimate of drug-likeness (QED) is 0.780. The normalized spacial score (nSPS) is 16.1. The number of hydrogen-bond acceptors (Lipinski definition) is 4. The summed E-state index contributed by atoms with van der Waals surface area (Å²) in [6.45, 7) is 0.199. The topological polar surface area (TPSA) is 81.8 Å². The number of carboxylic acid groups (broad SMARTS) is 1. The maximum atomic E-state index is 13.2. The van der Waals surface area contributed by atoms with Gasteiger partial charge in [0.15, 0.2) is 6.79 Å². The van der Waals surface area contributed by atoms with Crippen LogP contribution in [0.1, 0.15) is 17.2 Å². The first-order valence-corrected chi connectivity index (χ1v) is 4.61. The molecule has 0 bridgehead atoms. The molecule has 1 unspecified atom stereocenters. The molecule has 0 saturated heterocycles. The largest absolute Gasteiger partial charge is 0.480 e. The zero-order chi connectivity index (χ0) is 11.7. The fourth-order valence-corrected chi connectivity index (χ4v) is 1.57. The zero-order valence-electron chi connectivity index (χ0n) is 8.27. The second-order valence-corrected chi connectivity index (χ2v) is 3.41. The monoisotopic (exact) mass is 227 g/mol. The Bertz CT molecular complexity index is 435. The lowest BCUT2D eigenvalue weighted by molar-refractivity contribution is -0.138. The molecule has 1 aliphatic rings. The Morgan fingerprint density at radius 2 is 2.31 bits per heavy atom. The highest BCUT2D eigenvalue weighted by atomic mass is 19.1. The average molecular weight is 227 g/mol. The molecule has 1 heterocycles. The van der Waals surface area contributed by atoms with Gasteiger partial charge in [0.05, 0.1) is 6.61 Å². The van der Waals surface area contributed by atoms with Crippen LogP contribution in [0.15, 0.2) is 12.1 Å². The highest BCUT2D eigenvalue weighted by Crippen LogP contribution is 2.32. The molecular weight excluding hydrogens is 217 g/mol. The third-order valence-electron chi connectivity index (χ3n) is 2.30. The molecular formula is C10H10FNO4. The summed E-state index contributed by atoms with van der Waals surface area (Å²) < 4.78 is 23.3. The molecule has 0 saturated carbocycles. The number of rotatable bonds is 2. The van der Waals surface area contributed by atoms with Crippen molar-refractivity contribution in [3.8, 4) is 5.75 Å². The first-order chi connectivity index (χ1) is 7.59. The van der Waals surface area contributed by atoms with Crippen LogP contribution >= 0.6 is 0 Å². The van der Waals surface area contributed by atoms with E-state index < -0.39 is 17.8 Å². The lowest BCUT2D eigenvalue weighted by atomic mass is 10.0. The first kappa shape index (κ1) is 10.8. The smallest absolute Gasteiger partial charge is 0.325 e. The number of halogens is 1. The van der Waals surface area contributed by atoms with Crippen LogP contribution in [0.3, 0.4) is 0 Å². The predicted octanol–water partition coefficient (Wildman–Crippen LogP) is 0.777. The Morgan fingerprint density at radius 1 is 1.56 bits per heavy atom. The number of carboxylic acids is 1. The van der Waals surface area contributed by atoms with E-state index in [1.807, 2.05) is 0 Å². The van der Waals surface area contributed by atoms with Gasteiger partial charge in [-0.15, -0.1) is 0 Å². The zero-order valence-corrected chi connectivity index (χ0v) is 8.27. The minimum absolute atomic E-state index is 0.0119. The molecule has 5 nitrogen and oxygen atoms in total. The van der Waals surface area contributed by atoms with Crippen LogP contribution in [0, 0.1) is 5.82 Å². The van der Waals surface area contributed by atoms with Crippen molar-refractivity contribution in [2.75, 3.05) is 6.79 Å². The molecule has 1 atom stereocenters. The molecule has 0 radical (unpaired) electrons. The van der Waals surface area contributed by atoms with Crippen molar-refractivity contribution in [2.45, 2.75) is 12.6 Å². The summed E-state index contributed by atoms with van der Waals surface area (Å²) in [4.78, 5) is 10.8. The van der Waals surface area contributed by atoms with Gasteiger partial charge >= 0.3 is 5.97 Å². The highest BCUT2D eigenvalue weighted by Gasteiger charge is 2.24. The summed E-state index contributed by atoms with van der Waals surface area (Å²) in [6, 6.07) is 1.01. The van der Waals surface area contributed by atoms with Gasteiger partial charge in [0.1, 0.15) is 17.6 Å². The van der Waals surface area contributed by atoms with Crippen LogP contribution < -0.4 is 10.5 Å². The van der Waals surface area contributed by atoms with Crippen molar-refractivity contribution >= 4 is 5.97 Å². The Hall–Kier alpha value is -1.66. The van der Waals surface area contributed by atoms with Crippen molar-refractivity contribution in [2.24, 2.45) is 5.73 Å². The van der Waals surface area contributed by atoms with Gasteiger partial charge < -0.3 is 20.3 Å². The van der Waals surface area contributed by atoms with Crippen molar-refractivity contribution in [1.29, 1.82) is 0 Å². The van der Waals surface area contributed by atoms with Crippen LogP contribution in [0.2, 0.25) is 0 Å². The second-order valence-electron chi connectivity index (χ2n) is 3.41. The predicted molar refractivity (Wildman–Crippen MR) is 51.2 cm³/mol. The molecule has 0 fully saturated rings. The van der Waals surface area contributed by atoms with E-state index in [2.05, 4.69) is 0 Å². The fourth-order valence-electron chi connectivity index (χ4n) is 1.57. The van der Waals surface area contributed by atoms with E-state index in [0.29, 0.717) is 11.3 Å². The average Bonchev–Trinajstić information content (AvgIpc) is 2.26. The van der Waals surface area contributed by atoms with Gasteiger partial charge in [0, 0.05) is 11.1 Å². The summed E-state index contributed by atoms with van der Waals surface area (Å²) in [5.74, 6) is -1.48. The summed E-state index contributed by atoms with van der Waals surface area (Å²) in [5, 5.41) is 8.79. The number of nitrogens with two attached hydrogens (primary N) is 1. The number of ether oxygens (including phenoxy) is 2. The van der Waals surface area contributed by atoms with Gasteiger partial charge in [0.25, 0.3) is 0 Å². The Balaban J connectivity index is 2.51. The van der Waals surface area contributed by atoms with Crippen molar-refractivity contribution < 1.29 is 23.8 Å². The molecule has 1 aromatic carbocycles. The van der Waals surface area contributed by atoms with Crippen LogP contribution in [0.25, 0.3) is 0 Å². The molecule has 0 aromatic heterocycles. The molecule has 3 N–H and O–H groups in total. The third kappa shape index (κ3) is 1.84. The van der Waals surface area contributed by atoms with Crippen molar-refractivity contribution in [3.05, 3.63) is 29.1 Å². The van der Waals surface area contributed by atoms with Gasteiger partial charge in [-0.3, -0.25) is 4.79 Å². The van der Waals surface area contributed by atoms with Gasteiger partial charge in [-0.05, 0) is 12.1 Å². The van der Waals surface area contributed by atoms with E-state index in [1.54, 1.807) is 0 Å². The number of benzene rings is 1. The second kappa shape index (κ2) is 4.07. The Labute approximate surface area is 90.6 Å². The number of carbonyl (C=O) groups is 1. The number of fused-ring (bicyclic) bond motifs is 1. The van der Waals surface area contributed by atoms with Crippen LogP contribution in [0.5, 0.6) is 5.75 Å². The molecule has 6 heteroatoms. The van der Waals surface area contributed by atoms with Gasteiger partial charge in [-0.25, -0.2) is 4.39 Å². The first-order valence-electron chi connectivity index (χ1n) is 4.61. The van der Waals surface area contributed by atoms with E-state index in [9.17, 15) is 9.18 Å². The maximum absolute atomic E-state index is 13.2. The summed E-state index contributed by atoms with van der Waals surface area (Å²) in [7, 11) is 0. The van der Waals surface area contributed by atoms with Crippen LogP contribution in [0.4, 0.5) is 4.39 Å². The highest BCUT2D eigenvalue weighted by molar-refractivity contribution is 5.76. The van der Waals surface area contributed by atoms with Crippen molar-refractivity contribution in [1.82, 2.24) is 0 Å². The van der Waals surface area contributed by atoms with E-state index >= 15 is 0 Å². The number of hydrogen-bond donors (Lipinski definition) is 2. The molecule has 86 valence electrons. The molecule has 0 amide bonds. The van der Waals surface area contributed by atoms with E-state index in [-0.39, 0.29) is 19.0 Å². The third-order valence-corrected chi connectivity index (χ3v) is 2.30. The van der Waals surface area contributed by atoms with E-state index in [4.69, 9.17) is 20.3 Å². The van der Waals surface area contributed by atoms with Crippen molar-refractivity contribution in [3.63, 3.8) is 0 Å². The molecule has 0 aliphatic carbocycles. The number of aliphatic carboxylic acids is 1.